The number of carbonyl (C=O) groups is 1. The van der Waals surface area contributed by atoms with E-state index in [2.05, 4.69) is 10.2 Å². The Morgan fingerprint density at radius 2 is 2.07 bits per heavy atom. The lowest BCUT2D eigenvalue weighted by Crippen LogP contribution is -2.41. The van der Waals surface area contributed by atoms with E-state index in [-0.39, 0.29) is 0 Å². The summed E-state index contributed by atoms with van der Waals surface area (Å²) >= 11 is 0. The first kappa shape index (κ1) is 11.5. The maximum Gasteiger partial charge on any atom is 0.320 e. The average molecular weight is 200 g/mol. The molecule has 1 rings (SSSR count). The summed E-state index contributed by atoms with van der Waals surface area (Å²) in [5, 5.41) is 11.6. The van der Waals surface area contributed by atoms with Crippen molar-refractivity contribution in [2.45, 2.75) is 32.2 Å². The van der Waals surface area contributed by atoms with Gasteiger partial charge in [-0.3, -0.25) is 4.79 Å². The Morgan fingerprint density at radius 3 is 2.64 bits per heavy atom. The topological polar surface area (TPSA) is 52.6 Å². The molecule has 1 aliphatic rings. The molecular formula is C10H20N2O2. The average Bonchev–Trinajstić information content (AvgIpc) is 2.19. The maximum atomic E-state index is 10.5. The van der Waals surface area contributed by atoms with Crippen molar-refractivity contribution in [2.24, 2.45) is 0 Å². The van der Waals surface area contributed by atoms with E-state index in [1.54, 1.807) is 6.92 Å². The standard InChI is InChI=1S/C10H20N2O2/c1-9(10(13)14)11-5-8-12-6-3-2-4-7-12/h9,11H,2-8H2,1H3,(H,13,14). The molecule has 1 aliphatic heterocycles. The van der Waals surface area contributed by atoms with Gasteiger partial charge in [0.2, 0.25) is 0 Å². The normalized spacial score (nSPS) is 20.6. The number of aliphatic carboxylic acids is 1. The molecule has 1 fully saturated rings. The van der Waals surface area contributed by atoms with E-state index in [1.165, 1.54) is 32.4 Å². The first-order valence-electron chi connectivity index (χ1n) is 5.38. The highest BCUT2D eigenvalue weighted by Crippen LogP contribution is 2.07. The van der Waals surface area contributed by atoms with Gasteiger partial charge in [0.1, 0.15) is 6.04 Å². The zero-order valence-corrected chi connectivity index (χ0v) is 8.83. The van der Waals surface area contributed by atoms with Crippen LogP contribution in [-0.2, 0) is 4.79 Å². The predicted octanol–water partition coefficient (Wildman–Crippen LogP) is 0.535. The van der Waals surface area contributed by atoms with Crippen LogP contribution in [0.15, 0.2) is 0 Å². The number of hydrogen-bond donors (Lipinski definition) is 2. The van der Waals surface area contributed by atoms with E-state index in [0.717, 1.165) is 13.1 Å². The molecule has 82 valence electrons. The minimum Gasteiger partial charge on any atom is -0.480 e. The molecule has 0 saturated carbocycles. The number of hydrogen-bond acceptors (Lipinski definition) is 3. The Morgan fingerprint density at radius 1 is 1.43 bits per heavy atom. The van der Waals surface area contributed by atoms with Gasteiger partial charge in [-0.25, -0.2) is 0 Å². The number of rotatable bonds is 5. The van der Waals surface area contributed by atoms with Crippen LogP contribution in [0.5, 0.6) is 0 Å². The lowest BCUT2D eigenvalue weighted by Gasteiger charge is -2.26. The summed E-state index contributed by atoms with van der Waals surface area (Å²) in [4.78, 5) is 12.9. The fourth-order valence-electron chi connectivity index (χ4n) is 1.71. The Bertz CT molecular complexity index is 179. The van der Waals surface area contributed by atoms with Crippen molar-refractivity contribution in [3.63, 3.8) is 0 Å². The fourth-order valence-corrected chi connectivity index (χ4v) is 1.71. The molecule has 0 aromatic rings. The van der Waals surface area contributed by atoms with Gasteiger partial charge in [-0.15, -0.1) is 0 Å². The van der Waals surface area contributed by atoms with Gasteiger partial charge in [-0.1, -0.05) is 6.42 Å². The van der Waals surface area contributed by atoms with Crippen molar-refractivity contribution in [3.05, 3.63) is 0 Å². The summed E-state index contributed by atoms with van der Waals surface area (Å²) in [5.74, 6) is -0.774. The van der Waals surface area contributed by atoms with Crippen LogP contribution < -0.4 is 5.32 Å². The third-order valence-corrected chi connectivity index (χ3v) is 2.70. The molecule has 2 N–H and O–H groups in total. The largest absolute Gasteiger partial charge is 0.480 e. The molecule has 0 aromatic carbocycles. The summed E-state index contributed by atoms with van der Waals surface area (Å²) in [5.41, 5.74) is 0. The van der Waals surface area contributed by atoms with Crippen molar-refractivity contribution in [1.82, 2.24) is 10.2 Å². The van der Waals surface area contributed by atoms with Gasteiger partial charge in [0, 0.05) is 13.1 Å². The molecule has 4 heteroatoms. The quantitative estimate of drug-likeness (QED) is 0.680. The molecule has 0 aromatic heterocycles. The summed E-state index contributed by atoms with van der Waals surface area (Å²) in [6.07, 6.45) is 3.92. The Balaban J connectivity index is 2.05. The molecule has 0 spiro atoms. The molecule has 0 amide bonds. The van der Waals surface area contributed by atoms with Crippen LogP contribution in [0.3, 0.4) is 0 Å². The number of nitrogens with one attached hydrogen (secondary N) is 1. The lowest BCUT2D eigenvalue weighted by molar-refractivity contribution is -0.139. The van der Waals surface area contributed by atoms with E-state index in [0.29, 0.717) is 0 Å². The first-order valence-corrected chi connectivity index (χ1v) is 5.38. The summed E-state index contributed by atoms with van der Waals surface area (Å²) < 4.78 is 0. The highest BCUT2D eigenvalue weighted by molar-refractivity contribution is 5.72. The van der Waals surface area contributed by atoms with E-state index in [4.69, 9.17) is 5.11 Å². The molecule has 1 atom stereocenters. The van der Waals surface area contributed by atoms with Gasteiger partial charge in [0.05, 0.1) is 0 Å². The number of likely N-dealkylation sites (tertiary alicyclic amines) is 1. The highest BCUT2D eigenvalue weighted by atomic mass is 16.4. The van der Waals surface area contributed by atoms with Crippen LogP contribution in [0.25, 0.3) is 0 Å². The molecular weight excluding hydrogens is 180 g/mol. The van der Waals surface area contributed by atoms with Crippen molar-refractivity contribution in [3.8, 4) is 0 Å². The van der Waals surface area contributed by atoms with Crippen molar-refractivity contribution >= 4 is 5.97 Å². The molecule has 0 radical (unpaired) electrons. The van der Waals surface area contributed by atoms with E-state index < -0.39 is 12.0 Å². The highest BCUT2D eigenvalue weighted by Gasteiger charge is 2.12. The van der Waals surface area contributed by atoms with Gasteiger partial charge < -0.3 is 15.3 Å². The van der Waals surface area contributed by atoms with Crippen LogP contribution in [0.1, 0.15) is 26.2 Å². The van der Waals surface area contributed by atoms with E-state index in [9.17, 15) is 4.79 Å². The molecule has 1 saturated heterocycles. The Kier molecular flexibility index (Phi) is 4.90. The second kappa shape index (κ2) is 5.98. The van der Waals surface area contributed by atoms with Crippen LogP contribution >= 0.6 is 0 Å². The number of nitrogens with zero attached hydrogens (tertiary/aromatic N) is 1. The Hall–Kier alpha value is -0.610. The summed E-state index contributed by atoms with van der Waals surface area (Å²) in [6, 6.07) is -0.431. The van der Waals surface area contributed by atoms with E-state index in [1.807, 2.05) is 0 Å². The van der Waals surface area contributed by atoms with Crippen LogP contribution in [0.4, 0.5) is 0 Å². The van der Waals surface area contributed by atoms with Gasteiger partial charge in [-0.05, 0) is 32.9 Å². The molecule has 14 heavy (non-hydrogen) atoms. The van der Waals surface area contributed by atoms with Crippen molar-refractivity contribution < 1.29 is 9.90 Å². The minimum absolute atomic E-state index is 0.431. The van der Waals surface area contributed by atoms with Gasteiger partial charge in [0.15, 0.2) is 0 Å². The predicted molar refractivity (Wildman–Crippen MR) is 55.4 cm³/mol. The molecule has 4 nitrogen and oxygen atoms in total. The van der Waals surface area contributed by atoms with Gasteiger partial charge in [-0.2, -0.15) is 0 Å². The first-order chi connectivity index (χ1) is 6.70. The van der Waals surface area contributed by atoms with Crippen LogP contribution in [0.2, 0.25) is 0 Å². The maximum absolute atomic E-state index is 10.5. The minimum atomic E-state index is -0.774. The molecule has 0 bridgehead atoms. The van der Waals surface area contributed by atoms with Crippen molar-refractivity contribution in [2.75, 3.05) is 26.2 Å². The second-order valence-corrected chi connectivity index (χ2v) is 3.92. The van der Waals surface area contributed by atoms with Gasteiger partial charge in [0.25, 0.3) is 0 Å². The van der Waals surface area contributed by atoms with Crippen LogP contribution in [-0.4, -0.2) is 48.2 Å². The second-order valence-electron chi connectivity index (χ2n) is 3.92. The SMILES string of the molecule is CC(NCCN1CCCCC1)C(=O)O. The smallest absolute Gasteiger partial charge is 0.320 e. The van der Waals surface area contributed by atoms with Gasteiger partial charge >= 0.3 is 5.97 Å². The summed E-state index contributed by atoms with van der Waals surface area (Å²) in [6.45, 7) is 5.76. The number of carboxylic acid groups (broad SMARTS) is 1. The summed E-state index contributed by atoms with van der Waals surface area (Å²) in [7, 11) is 0. The van der Waals surface area contributed by atoms with Crippen molar-refractivity contribution in [1.29, 1.82) is 0 Å². The Labute approximate surface area is 85.3 Å². The zero-order valence-electron chi connectivity index (χ0n) is 8.83. The fraction of sp³-hybridized carbons (Fsp3) is 0.900. The number of carboxylic acids is 1. The monoisotopic (exact) mass is 200 g/mol. The molecule has 1 unspecified atom stereocenters. The zero-order chi connectivity index (χ0) is 10.4. The third kappa shape index (κ3) is 4.07. The third-order valence-electron chi connectivity index (χ3n) is 2.70. The molecule has 1 heterocycles. The lowest BCUT2D eigenvalue weighted by atomic mass is 10.1. The molecule has 0 aliphatic carbocycles. The number of piperidine rings is 1. The van der Waals surface area contributed by atoms with E-state index >= 15 is 0 Å². The van der Waals surface area contributed by atoms with Crippen LogP contribution in [0, 0.1) is 0 Å².